The molecule has 0 N–H and O–H groups in total. The van der Waals surface area contributed by atoms with E-state index in [0.717, 1.165) is 12.0 Å². The summed E-state index contributed by atoms with van der Waals surface area (Å²) >= 11 is 0. The smallest absolute Gasteiger partial charge is 0.0115 e. The van der Waals surface area contributed by atoms with E-state index in [2.05, 4.69) is 25.8 Å². The molecule has 1 aliphatic heterocycles. The van der Waals surface area contributed by atoms with Crippen molar-refractivity contribution >= 4 is 0 Å². The van der Waals surface area contributed by atoms with Crippen molar-refractivity contribution in [2.45, 2.75) is 39.2 Å². The molecular formula is C9H19N. The Hall–Kier alpha value is -0.0400. The van der Waals surface area contributed by atoms with Crippen LogP contribution in [0.2, 0.25) is 0 Å². The molecule has 0 aromatic carbocycles. The summed E-state index contributed by atoms with van der Waals surface area (Å²) in [7, 11) is 2.25. The van der Waals surface area contributed by atoms with Crippen LogP contribution in [0.4, 0.5) is 0 Å². The third-order valence-electron chi connectivity index (χ3n) is 2.60. The standard InChI is InChI=1S/C9H19N/c1-8(2)9-6-4-5-7-10(9)3/h8-9H,4-7H2,1-3H3/t9-/m0/s1. The molecule has 0 amide bonds. The van der Waals surface area contributed by atoms with Crippen molar-refractivity contribution in [3.63, 3.8) is 0 Å². The molecule has 0 aromatic rings. The van der Waals surface area contributed by atoms with Gasteiger partial charge >= 0.3 is 0 Å². The molecule has 0 unspecified atom stereocenters. The number of piperidine rings is 1. The van der Waals surface area contributed by atoms with Crippen molar-refractivity contribution in [3.8, 4) is 0 Å². The van der Waals surface area contributed by atoms with E-state index in [4.69, 9.17) is 0 Å². The van der Waals surface area contributed by atoms with E-state index in [0.29, 0.717) is 0 Å². The Balaban J connectivity index is 2.40. The fourth-order valence-electron chi connectivity index (χ4n) is 1.94. The summed E-state index contributed by atoms with van der Waals surface area (Å²) in [5.74, 6) is 0.838. The molecule has 1 nitrogen and oxygen atoms in total. The van der Waals surface area contributed by atoms with E-state index in [1.165, 1.54) is 25.8 Å². The van der Waals surface area contributed by atoms with Crippen LogP contribution in [-0.2, 0) is 0 Å². The van der Waals surface area contributed by atoms with Crippen molar-refractivity contribution in [1.82, 2.24) is 4.90 Å². The third kappa shape index (κ3) is 1.72. The van der Waals surface area contributed by atoms with Gasteiger partial charge in [0.2, 0.25) is 0 Å². The summed E-state index contributed by atoms with van der Waals surface area (Å²) in [4.78, 5) is 2.51. The lowest BCUT2D eigenvalue weighted by Crippen LogP contribution is -2.39. The zero-order chi connectivity index (χ0) is 7.56. The molecule has 10 heavy (non-hydrogen) atoms. The lowest BCUT2D eigenvalue weighted by atomic mass is 9.93. The normalized spacial score (nSPS) is 29.4. The second-order valence-corrected chi connectivity index (χ2v) is 3.79. The Morgan fingerprint density at radius 1 is 1.30 bits per heavy atom. The van der Waals surface area contributed by atoms with Crippen LogP contribution in [0.5, 0.6) is 0 Å². The van der Waals surface area contributed by atoms with Crippen LogP contribution in [0.25, 0.3) is 0 Å². The largest absolute Gasteiger partial charge is 0.303 e. The number of rotatable bonds is 1. The van der Waals surface area contributed by atoms with Crippen LogP contribution in [0.1, 0.15) is 33.1 Å². The van der Waals surface area contributed by atoms with Crippen LogP contribution in [0, 0.1) is 5.92 Å². The lowest BCUT2D eigenvalue weighted by Gasteiger charge is -2.35. The predicted octanol–water partition coefficient (Wildman–Crippen LogP) is 2.13. The van der Waals surface area contributed by atoms with Crippen molar-refractivity contribution in [1.29, 1.82) is 0 Å². The second kappa shape index (κ2) is 3.38. The van der Waals surface area contributed by atoms with E-state index >= 15 is 0 Å². The fraction of sp³-hybridized carbons (Fsp3) is 1.00. The summed E-state index contributed by atoms with van der Waals surface area (Å²) < 4.78 is 0. The average Bonchev–Trinajstić information content (AvgIpc) is 1.88. The monoisotopic (exact) mass is 141 g/mol. The molecule has 0 aliphatic carbocycles. The minimum Gasteiger partial charge on any atom is -0.303 e. The van der Waals surface area contributed by atoms with Crippen molar-refractivity contribution in [3.05, 3.63) is 0 Å². The molecule has 1 heterocycles. The zero-order valence-corrected chi connectivity index (χ0v) is 7.43. The Bertz CT molecular complexity index is 98.9. The van der Waals surface area contributed by atoms with Gasteiger partial charge in [-0.3, -0.25) is 0 Å². The van der Waals surface area contributed by atoms with Gasteiger partial charge in [-0.1, -0.05) is 20.3 Å². The number of hydrogen-bond acceptors (Lipinski definition) is 1. The Morgan fingerprint density at radius 3 is 2.40 bits per heavy atom. The van der Waals surface area contributed by atoms with Crippen molar-refractivity contribution in [2.75, 3.05) is 13.6 Å². The highest BCUT2D eigenvalue weighted by molar-refractivity contribution is 4.76. The molecular weight excluding hydrogens is 122 g/mol. The average molecular weight is 141 g/mol. The Kier molecular flexibility index (Phi) is 2.72. The maximum Gasteiger partial charge on any atom is 0.0115 e. The number of likely N-dealkylation sites (tertiary alicyclic amines) is 1. The van der Waals surface area contributed by atoms with Gasteiger partial charge in [0.1, 0.15) is 0 Å². The van der Waals surface area contributed by atoms with Gasteiger partial charge in [0.25, 0.3) is 0 Å². The van der Waals surface area contributed by atoms with Crippen LogP contribution in [0.3, 0.4) is 0 Å². The molecule has 0 radical (unpaired) electrons. The van der Waals surface area contributed by atoms with Gasteiger partial charge in [0, 0.05) is 6.04 Å². The molecule has 1 heteroatoms. The first-order valence-corrected chi connectivity index (χ1v) is 4.42. The summed E-state index contributed by atoms with van der Waals surface area (Å²) in [5.41, 5.74) is 0. The van der Waals surface area contributed by atoms with E-state index in [-0.39, 0.29) is 0 Å². The fourth-order valence-corrected chi connectivity index (χ4v) is 1.94. The maximum atomic E-state index is 2.51. The van der Waals surface area contributed by atoms with Crippen molar-refractivity contribution in [2.24, 2.45) is 5.92 Å². The van der Waals surface area contributed by atoms with Gasteiger partial charge < -0.3 is 4.90 Å². The summed E-state index contributed by atoms with van der Waals surface area (Å²) in [6.45, 7) is 5.96. The SMILES string of the molecule is CC(C)[C@@H]1CCCCN1C. The van der Waals surface area contributed by atoms with Gasteiger partial charge in [-0.15, -0.1) is 0 Å². The third-order valence-corrected chi connectivity index (χ3v) is 2.60. The first kappa shape index (κ1) is 8.06. The zero-order valence-electron chi connectivity index (χ0n) is 7.43. The summed E-state index contributed by atoms with van der Waals surface area (Å²) in [5, 5.41) is 0. The number of hydrogen-bond donors (Lipinski definition) is 0. The highest BCUT2D eigenvalue weighted by Gasteiger charge is 2.20. The van der Waals surface area contributed by atoms with Crippen LogP contribution in [-0.4, -0.2) is 24.5 Å². The minimum absolute atomic E-state index is 0.838. The maximum absolute atomic E-state index is 2.51. The first-order chi connectivity index (χ1) is 4.72. The highest BCUT2D eigenvalue weighted by atomic mass is 15.1. The van der Waals surface area contributed by atoms with Gasteiger partial charge in [-0.25, -0.2) is 0 Å². The molecule has 1 rings (SSSR count). The van der Waals surface area contributed by atoms with Crippen LogP contribution < -0.4 is 0 Å². The highest BCUT2D eigenvalue weighted by Crippen LogP contribution is 2.20. The first-order valence-electron chi connectivity index (χ1n) is 4.42. The number of nitrogens with zero attached hydrogens (tertiary/aromatic N) is 1. The molecule has 60 valence electrons. The molecule has 1 atom stereocenters. The van der Waals surface area contributed by atoms with Crippen LogP contribution in [0.15, 0.2) is 0 Å². The van der Waals surface area contributed by atoms with E-state index in [9.17, 15) is 0 Å². The molecule has 1 fully saturated rings. The molecule has 0 aromatic heterocycles. The van der Waals surface area contributed by atoms with E-state index in [1.54, 1.807) is 0 Å². The summed E-state index contributed by atoms with van der Waals surface area (Å²) in [6.07, 6.45) is 4.25. The lowest BCUT2D eigenvalue weighted by molar-refractivity contribution is 0.144. The van der Waals surface area contributed by atoms with Gasteiger partial charge in [0.15, 0.2) is 0 Å². The van der Waals surface area contributed by atoms with Gasteiger partial charge in [-0.05, 0) is 32.4 Å². The predicted molar refractivity (Wildman–Crippen MR) is 45.1 cm³/mol. The molecule has 0 bridgehead atoms. The van der Waals surface area contributed by atoms with Crippen molar-refractivity contribution < 1.29 is 0 Å². The summed E-state index contributed by atoms with van der Waals surface area (Å²) in [6, 6.07) is 0.855. The molecule has 0 spiro atoms. The van der Waals surface area contributed by atoms with E-state index in [1.807, 2.05) is 0 Å². The van der Waals surface area contributed by atoms with E-state index < -0.39 is 0 Å². The van der Waals surface area contributed by atoms with Crippen LogP contribution >= 0.6 is 0 Å². The van der Waals surface area contributed by atoms with Gasteiger partial charge in [-0.2, -0.15) is 0 Å². The molecule has 1 saturated heterocycles. The molecule has 0 saturated carbocycles. The second-order valence-electron chi connectivity index (χ2n) is 3.79. The minimum atomic E-state index is 0.838. The molecule has 1 aliphatic rings. The Morgan fingerprint density at radius 2 is 2.00 bits per heavy atom. The topological polar surface area (TPSA) is 3.24 Å². The Labute approximate surface area is 64.4 Å². The quantitative estimate of drug-likeness (QED) is 0.540. The van der Waals surface area contributed by atoms with Gasteiger partial charge in [0.05, 0.1) is 0 Å².